The molecule has 6 nitrogen and oxygen atoms in total. The third-order valence-corrected chi connectivity index (χ3v) is 5.80. The van der Waals surface area contributed by atoms with Crippen LogP contribution in [0.15, 0.2) is 72.8 Å². The highest BCUT2D eigenvalue weighted by Gasteiger charge is 2.29. The summed E-state index contributed by atoms with van der Waals surface area (Å²) in [6.07, 6.45) is -0.385. The highest BCUT2D eigenvalue weighted by atomic mass is 16.5. The number of carboxylic acids is 1. The van der Waals surface area contributed by atoms with Gasteiger partial charge in [0.15, 0.2) is 0 Å². The standard InChI is InChI=1S/C26H25NO5/c1-31-18-12-10-17(11-13-18)24(14-15-25(28)29)27-26(30)32-16-23-21-8-4-2-6-19(21)20-7-3-5-9-22(20)23/h2-13,23-24H,14-16H2,1H3,(H,27,30)(H,28,29). The zero-order chi connectivity index (χ0) is 22.5. The van der Waals surface area contributed by atoms with Gasteiger partial charge in [-0.3, -0.25) is 4.79 Å². The van der Waals surface area contributed by atoms with Gasteiger partial charge in [0.05, 0.1) is 13.2 Å². The summed E-state index contributed by atoms with van der Waals surface area (Å²) in [7, 11) is 1.58. The van der Waals surface area contributed by atoms with E-state index in [0.717, 1.165) is 27.8 Å². The minimum Gasteiger partial charge on any atom is -0.497 e. The maximum Gasteiger partial charge on any atom is 0.407 e. The van der Waals surface area contributed by atoms with Crippen molar-refractivity contribution in [2.45, 2.75) is 24.8 Å². The number of rotatable bonds is 8. The van der Waals surface area contributed by atoms with Crippen LogP contribution in [0.25, 0.3) is 11.1 Å². The molecule has 6 heteroatoms. The SMILES string of the molecule is COc1ccc(C(CCC(=O)O)NC(=O)OCC2c3ccccc3-c3ccccc32)cc1. The van der Waals surface area contributed by atoms with Crippen molar-refractivity contribution in [3.63, 3.8) is 0 Å². The maximum absolute atomic E-state index is 12.7. The van der Waals surface area contributed by atoms with E-state index >= 15 is 0 Å². The molecule has 0 saturated heterocycles. The molecule has 0 aromatic heterocycles. The molecule has 32 heavy (non-hydrogen) atoms. The summed E-state index contributed by atoms with van der Waals surface area (Å²) >= 11 is 0. The van der Waals surface area contributed by atoms with Crippen LogP contribution in [0.3, 0.4) is 0 Å². The molecule has 0 saturated carbocycles. The lowest BCUT2D eigenvalue weighted by molar-refractivity contribution is -0.137. The molecule has 0 aliphatic heterocycles. The van der Waals surface area contributed by atoms with Gasteiger partial charge in [-0.05, 0) is 46.4 Å². The topological polar surface area (TPSA) is 84.9 Å². The predicted molar refractivity (Wildman–Crippen MR) is 121 cm³/mol. The van der Waals surface area contributed by atoms with E-state index in [1.807, 2.05) is 36.4 Å². The summed E-state index contributed by atoms with van der Waals surface area (Å²) in [5.41, 5.74) is 5.39. The second-order valence-electron chi connectivity index (χ2n) is 7.73. The van der Waals surface area contributed by atoms with Crippen LogP contribution in [0, 0.1) is 0 Å². The van der Waals surface area contributed by atoms with Gasteiger partial charge in [0.2, 0.25) is 0 Å². The highest BCUT2D eigenvalue weighted by molar-refractivity contribution is 5.79. The Morgan fingerprint density at radius 1 is 0.938 bits per heavy atom. The average Bonchev–Trinajstić information content (AvgIpc) is 3.14. The number of amides is 1. The Labute approximate surface area is 186 Å². The van der Waals surface area contributed by atoms with Gasteiger partial charge in [-0.2, -0.15) is 0 Å². The molecule has 0 heterocycles. The maximum atomic E-state index is 12.7. The van der Waals surface area contributed by atoms with Crippen LogP contribution in [0.5, 0.6) is 5.75 Å². The van der Waals surface area contributed by atoms with Gasteiger partial charge >= 0.3 is 12.1 Å². The number of hydrogen-bond donors (Lipinski definition) is 2. The van der Waals surface area contributed by atoms with Crippen molar-refractivity contribution < 1.29 is 24.2 Å². The fourth-order valence-corrected chi connectivity index (χ4v) is 4.21. The first-order valence-corrected chi connectivity index (χ1v) is 10.5. The number of nitrogens with one attached hydrogen (secondary N) is 1. The molecule has 1 aliphatic rings. The molecule has 0 bridgehead atoms. The third-order valence-electron chi connectivity index (χ3n) is 5.80. The van der Waals surface area contributed by atoms with Gasteiger partial charge in [0, 0.05) is 12.3 Å². The number of fused-ring (bicyclic) bond motifs is 3. The third kappa shape index (κ3) is 4.59. The van der Waals surface area contributed by atoms with E-state index < -0.39 is 18.1 Å². The molecule has 3 aromatic carbocycles. The zero-order valence-corrected chi connectivity index (χ0v) is 17.8. The average molecular weight is 431 g/mol. The van der Waals surface area contributed by atoms with Crippen LogP contribution in [-0.2, 0) is 9.53 Å². The lowest BCUT2D eigenvalue weighted by atomic mass is 9.98. The zero-order valence-electron chi connectivity index (χ0n) is 17.8. The summed E-state index contributed by atoms with van der Waals surface area (Å²) in [5.74, 6) is -0.267. The molecular formula is C26H25NO5. The Balaban J connectivity index is 1.46. The first kappa shape index (κ1) is 21.4. The van der Waals surface area contributed by atoms with E-state index in [1.54, 1.807) is 19.2 Å². The number of carboxylic acid groups (broad SMARTS) is 1. The molecule has 2 N–H and O–H groups in total. The Kier molecular flexibility index (Phi) is 6.40. The predicted octanol–water partition coefficient (Wildman–Crippen LogP) is 5.14. The van der Waals surface area contributed by atoms with E-state index in [0.29, 0.717) is 5.75 Å². The van der Waals surface area contributed by atoms with Crippen LogP contribution < -0.4 is 10.1 Å². The number of hydrogen-bond acceptors (Lipinski definition) is 4. The van der Waals surface area contributed by atoms with Crippen LogP contribution in [0.1, 0.15) is 41.5 Å². The summed E-state index contributed by atoms with van der Waals surface area (Å²) in [6, 6.07) is 23.0. The molecule has 0 fully saturated rings. The summed E-state index contributed by atoms with van der Waals surface area (Å²) in [5, 5.41) is 11.9. The van der Waals surface area contributed by atoms with Crippen LogP contribution in [0.4, 0.5) is 4.79 Å². The monoisotopic (exact) mass is 431 g/mol. The van der Waals surface area contributed by atoms with Crippen molar-refractivity contribution in [1.82, 2.24) is 5.32 Å². The summed E-state index contributed by atoms with van der Waals surface area (Å²) < 4.78 is 10.8. The number of benzene rings is 3. The van der Waals surface area contributed by atoms with Crippen LogP contribution >= 0.6 is 0 Å². The molecule has 1 amide bonds. The number of ether oxygens (including phenoxy) is 2. The quantitative estimate of drug-likeness (QED) is 0.516. The molecular weight excluding hydrogens is 406 g/mol. The summed E-state index contributed by atoms with van der Waals surface area (Å²) in [6.45, 7) is 0.203. The molecule has 4 rings (SSSR count). The van der Waals surface area contributed by atoms with Gasteiger partial charge in [-0.1, -0.05) is 60.7 Å². The second kappa shape index (κ2) is 9.56. The van der Waals surface area contributed by atoms with Gasteiger partial charge in [0.1, 0.15) is 12.4 Å². The van der Waals surface area contributed by atoms with Gasteiger partial charge in [-0.25, -0.2) is 4.79 Å². The molecule has 3 aromatic rings. The van der Waals surface area contributed by atoms with E-state index in [-0.39, 0.29) is 25.4 Å². The van der Waals surface area contributed by atoms with E-state index in [2.05, 4.69) is 29.6 Å². The van der Waals surface area contributed by atoms with E-state index in [4.69, 9.17) is 14.6 Å². The first-order valence-electron chi connectivity index (χ1n) is 10.5. The van der Waals surface area contributed by atoms with Crippen molar-refractivity contribution in [2.75, 3.05) is 13.7 Å². The lowest BCUT2D eigenvalue weighted by Gasteiger charge is -2.20. The normalized spacial score (nSPS) is 13.0. The van der Waals surface area contributed by atoms with Gasteiger partial charge in [-0.15, -0.1) is 0 Å². The smallest absolute Gasteiger partial charge is 0.407 e. The van der Waals surface area contributed by atoms with E-state index in [9.17, 15) is 9.59 Å². The Hall–Kier alpha value is -3.80. The Bertz CT molecular complexity index is 1060. The largest absolute Gasteiger partial charge is 0.497 e. The molecule has 164 valence electrons. The lowest BCUT2D eigenvalue weighted by Crippen LogP contribution is -2.30. The molecule has 1 atom stereocenters. The second-order valence-corrected chi connectivity index (χ2v) is 7.73. The molecule has 1 unspecified atom stereocenters. The van der Waals surface area contributed by atoms with Crippen molar-refractivity contribution in [1.29, 1.82) is 0 Å². The van der Waals surface area contributed by atoms with Crippen molar-refractivity contribution in [2.24, 2.45) is 0 Å². The number of aliphatic carboxylic acids is 1. The van der Waals surface area contributed by atoms with Gasteiger partial charge in [0.25, 0.3) is 0 Å². The molecule has 0 radical (unpaired) electrons. The van der Waals surface area contributed by atoms with Crippen LogP contribution in [0.2, 0.25) is 0 Å². The Morgan fingerprint density at radius 2 is 1.53 bits per heavy atom. The van der Waals surface area contributed by atoms with E-state index in [1.165, 1.54) is 0 Å². The minimum absolute atomic E-state index is 0.0355. The highest BCUT2D eigenvalue weighted by Crippen LogP contribution is 2.44. The fraction of sp³-hybridized carbons (Fsp3) is 0.231. The number of carbonyl (C=O) groups excluding carboxylic acids is 1. The number of carbonyl (C=O) groups is 2. The minimum atomic E-state index is -0.919. The summed E-state index contributed by atoms with van der Waals surface area (Å²) in [4.78, 5) is 23.8. The van der Waals surface area contributed by atoms with Gasteiger partial charge < -0.3 is 19.9 Å². The van der Waals surface area contributed by atoms with Crippen LogP contribution in [-0.4, -0.2) is 30.9 Å². The molecule has 1 aliphatic carbocycles. The first-order chi connectivity index (χ1) is 15.6. The molecule has 0 spiro atoms. The fourth-order valence-electron chi connectivity index (χ4n) is 4.21. The van der Waals surface area contributed by atoms with Crippen molar-refractivity contribution in [3.05, 3.63) is 89.5 Å². The van der Waals surface area contributed by atoms with Crippen molar-refractivity contribution in [3.8, 4) is 16.9 Å². The number of alkyl carbamates (subject to hydrolysis) is 1. The Morgan fingerprint density at radius 3 is 2.09 bits per heavy atom. The van der Waals surface area contributed by atoms with Crippen molar-refractivity contribution >= 4 is 12.1 Å². The number of methoxy groups -OCH3 is 1.